The third-order valence-corrected chi connectivity index (χ3v) is 4.54. The summed E-state index contributed by atoms with van der Waals surface area (Å²) >= 11 is 0. The third kappa shape index (κ3) is 4.52. The van der Waals surface area contributed by atoms with Crippen molar-refractivity contribution in [2.24, 2.45) is 0 Å². The fraction of sp³-hybridized carbons (Fsp3) is 0. The van der Waals surface area contributed by atoms with E-state index >= 15 is 0 Å². The number of carbonyl (C=O) groups excluding carboxylic acids is 1. The maximum absolute atomic E-state index is 11.7. The van der Waals surface area contributed by atoms with Crippen molar-refractivity contribution < 1.29 is 9.53 Å². The Labute approximate surface area is 179 Å². The summed E-state index contributed by atoms with van der Waals surface area (Å²) in [5.74, 6) is 1.14. The van der Waals surface area contributed by atoms with Gasteiger partial charge in [0.15, 0.2) is 0 Å². The van der Waals surface area contributed by atoms with E-state index in [1.807, 2.05) is 54.6 Å². The molecule has 0 aliphatic rings. The minimum absolute atomic E-state index is 0.313. The van der Waals surface area contributed by atoms with Crippen molar-refractivity contribution in [1.29, 1.82) is 5.26 Å². The first-order valence-electron chi connectivity index (χ1n) is 9.52. The SMILES string of the molecule is C=CC(=O)Nc1ccc2ncc(C#N)c(Nc3ccc(Oc4ccccc4)cc3)c2c1. The van der Waals surface area contributed by atoms with Gasteiger partial charge in [0.05, 0.1) is 16.8 Å². The number of hydrogen-bond donors (Lipinski definition) is 2. The Morgan fingerprint density at radius 1 is 1.00 bits per heavy atom. The van der Waals surface area contributed by atoms with Crippen LogP contribution < -0.4 is 15.4 Å². The fourth-order valence-electron chi connectivity index (χ4n) is 3.06. The zero-order valence-corrected chi connectivity index (χ0v) is 16.5. The van der Waals surface area contributed by atoms with Crippen LogP contribution in [-0.2, 0) is 4.79 Å². The van der Waals surface area contributed by atoms with Crippen LogP contribution in [0.4, 0.5) is 17.1 Å². The summed E-state index contributed by atoms with van der Waals surface area (Å²) in [4.78, 5) is 16.0. The van der Waals surface area contributed by atoms with Gasteiger partial charge in [-0.15, -0.1) is 0 Å². The number of amides is 1. The maximum Gasteiger partial charge on any atom is 0.247 e. The van der Waals surface area contributed by atoms with Crippen molar-refractivity contribution in [3.63, 3.8) is 0 Å². The smallest absolute Gasteiger partial charge is 0.247 e. The molecule has 0 saturated heterocycles. The molecule has 0 unspecified atom stereocenters. The Balaban J connectivity index is 1.65. The third-order valence-electron chi connectivity index (χ3n) is 4.54. The number of nitriles is 1. The maximum atomic E-state index is 11.7. The molecule has 0 bridgehead atoms. The van der Waals surface area contributed by atoms with Crippen LogP contribution in [0.5, 0.6) is 11.5 Å². The lowest BCUT2D eigenvalue weighted by molar-refractivity contribution is -0.111. The molecule has 4 aromatic rings. The molecule has 0 aliphatic heterocycles. The number of nitrogens with zero attached hydrogens (tertiary/aromatic N) is 2. The summed E-state index contributed by atoms with van der Waals surface area (Å²) in [5, 5.41) is 16.3. The van der Waals surface area contributed by atoms with Gasteiger partial charge < -0.3 is 15.4 Å². The topological polar surface area (TPSA) is 87.0 Å². The predicted molar refractivity (Wildman–Crippen MR) is 122 cm³/mol. The summed E-state index contributed by atoms with van der Waals surface area (Å²) < 4.78 is 5.82. The van der Waals surface area contributed by atoms with E-state index in [-0.39, 0.29) is 5.91 Å². The van der Waals surface area contributed by atoms with Gasteiger partial charge >= 0.3 is 0 Å². The van der Waals surface area contributed by atoms with E-state index in [2.05, 4.69) is 28.3 Å². The average molecular weight is 406 g/mol. The van der Waals surface area contributed by atoms with Crippen LogP contribution in [0.2, 0.25) is 0 Å². The lowest BCUT2D eigenvalue weighted by Crippen LogP contribution is -2.07. The molecule has 0 spiro atoms. The molecule has 0 atom stereocenters. The summed E-state index contributed by atoms with van der Waals surface area (Å²) in [7, 11) is 0. The summed E-state index contributed by atoms with van der Waals surface area (Å²) in [6.07, 6.45) is 2.73. The average Bonchev–Trinajstić information content (AvgIpc) is 2.81. The molecule has 6 nitrogen and oxygen atoms in total. The molecule has 1 heterocycles. The minimum Gasteiger partial charge on any atom is -0.457 e. The quantitative estimate of drug-likeness (QED) is 0.397. The second-order valence-electron chi connectivity index (χ2n) is 6.65. The molecular formula is C25H18N4O2. The van der Waals surface area contributed by atoms with Gasteiger partial charge in [0.25, 0.3) is 0 Å². The highest BCUT2D eigenvalue weighted by atomic mass is 16.5. The Morgan fingerprint density at radius 2 is 1.71 bits per heavy atom. The van der Waals surface area contributed by atoms with E-state index in [1.54, 1.807) is 18.2 Å². The predicted octanol–water partition coefficient (Wildman–Crippen LogP) is 5.77. The molecule has 2 N–H and O–H groups in total. The molecule has 4 rings (SSSR count). The number of ether oxygens (including phenoxy) is 1. The molecule has 6 heteroatoms. The van der Waals surface area contributed by atoms with E-state index in [0.29, 0.717) is 33.6 Å². The van der Waals surface area contributed by atoms with Gasteiger partial charge in [-0.3, -0.25) is 9.78 Å². The first-order valence-corrected chi connectivity index (χ1v) is 9.52. The molecule has 31 heavy (non-hydrogen) atoms. The van der Waals surface area contributed by atoms with Gasteiger partial charge in [-0.2, -0.15) is 5.26 Å². The lowest BCUT2D eigenvalue weighted by Gasteiger charge is -2.13. The number of anilines is 3. The second kappa shape index (κ2) is 8.80. The van der Waals surface area contributed by atoms with E-state index in [0.717, 1.165) is 11.4 Å². The first-order chi connectivity index (χ1) is 15.2. The van der Waals surface area contributed by atoms with Crippen LogP contribution in [0.1, 0.15) is 5.56 Å². The first kappa shape index (κ1) is 19.7. The van der Waals surface area contributed by atoms with Crippen molar-refractivity contribution >= 4 is 33.9 Å². The van der Waals surface area contributed by atoms with Crippen molar-refractivity contribution in [3.8, 4) is 17.6 Å². The van der Waals surface area contributed by atoms with Crippen LogP contribution in [0.15, 0.2) is 91.6 Å². The minimum atomic E-state index is -0.313. The number of carbonyl (C=O) groups is 1. The summed E-state index contributed by atoms with van der Waals surface area (Å²) in [6, 6.07) is 24.5. The normalized spacial score (nSPS) is 10.2. The number of para-hydroxylation sites is 1. The monoisotopic (exact) mass is 406 g/mol. The molecular weight excluding hydrogens is 388 g/mol. The number of pyridine rings is 1. The van der Waals surface area contributed by atoms with Gasteiger partial charge in [-0.1, -0.05) is 24.8 Å². The molecule has 0 fully saturated rings. The second-order valence-corrected chi connectivity index (χ2v) is 6.65. The van der Waals surface area contributed by atoms with Gasteiger partial charge in [0, 0.05) is 23.0 Å². The van der Waals surface area contributed by atoms with Crippen molar-refractivity contribution in [1.82, 2.24) is 4.98 Å². The fourth-order valence-corrected chi connectivity index (χ4v) is 3.06. The molecule has 0 saturated carbocycles. The van der Waals surface area contributed by atoms with E-state index < -0.39 is 0 Å². The van der Waals surface area contributed by atoms with Crippen LogP contribution in [0.25, 0.3) is 10.9 Å². The van der Waals surface area contributed by atoms with E-state index in [1.165, 1.54) is 12.3 Å². The molecule has 1 aromatic heterocycles. The van der Waals surface area contributed by atoms with Crippen molar-refractivity contribution in [3.05, 3.63) is 97.2 Å². The highest BCUT2D eigenvalue weighted by Gasteiger charge is 2.11. The van der Waals surface area contributed by atoms with Crippen LogP contribution in [0, 0.1) is 11.3 Å². The summed E-state index contributed by atoms with van der Waals surface area (Å²) in [5.41, 5.74) is 3.07. The van der Waals surface area contributed by atoms with Gasteiger partial charge in [0.1, 0.15) is 17.6 Å². The zero-order chi connectivity index (χ0) is 21.6. The number of benzene rings is 3. The molecule has 0 aliphatic carbocycles. The van der Waals surface area contributed by atoms with E-state index in [9.17, 15) is 10.1 Å². The van der Waals surface area contributed by atoms with Crippen LogP contribution in [0.3, 0.4) is 0 Å². The largest absolute Gasteiger partial charge is 0.457 e. The Kier molecular flexibility index (Phi) is 5.59. The number of hydrogen-bond acceptors (Lipinski definition) is 5. The lowest BCUT2D eigenvalue weighted by atomic mass is 10.1. The standard InChI is InChI=1S/C25H18N4O2/c1-2-24(30)28-19-10-13-23-22(14-19)25(17(15-26)16-27-23)29-18-8-11-21(12-9-18)31-20-6-4-3-5-7-20/h2-14,16H,1H2,(H,27,29)(H,28,30). The van der Waals surface area contributed by atoms with Gasteiger partial charge in [-0.25, -0.2) is 0 Å². The number of fused-ring (bicyclic) bond motifs is 1. The molecule has 1 amide bonds. The molecule has 3 aromatic carbocycles. The zero-order valence-electron chi connectivity index (χ0n) is 16.5. The van der Waals surface area contributed by atoms with Crippen LogP contribution in [-0.4, -0.2) is 10.9 Å². The highest BCUT2D eigenvalue weighted by molar-refractivity contribution is 6.02. The Bertz CT molecular complexity index is 1290. The van der Waals surface area contributed by atoms with Gasteiger partial charge in [0.2, 0.25) is 5.91 Å². The Hall–Kier alpha value is -4.63. The van der Waals surface area contributed by atoms with Gasteiger partial charge in [-0.05, 0) is 60.7 Å². The number of rotatable bonds is 6. The number of aromatic nitrogens is 1. The number of nitrogens with one attached hydrogen (secondary N) is 2. The van der Waals surface area contributed by atoms with Crippen molar-refractivity contribution in [2.45, 2.75) is 0 Å². The Morgan fingerprint density at radius 3 is 2.42 bits per heavy atom. The van der Waals surface area contributed by atoms with E-state index in [4.69, 9.17) is 4.74 Å². The highest BCUT2D eigenvalue weighted by Crippen LogP contribution is 2.32. The van der Waals surface area contributed by atoms with Crippen LogP contribution >= 0.6 is 0 Å². The summed E-state index contributed by atoms with van der Waals surface area (Å²) in [6.45, 7) is 3.46. The molecule has 150 valence electrons. The molecule has 0 radical (unpaired) electrons. The van der Waals surface area contributed by atoms with Crippen molar-refractivity contribution in [2.75, 3.05) is 10.6 Å².